The van der Waals surface area contributed by atoms with E-state index in [1.165, 1.54) is 21.8 Å². The summed E-state index contributed by atoms with van der Waals surface area (Å²) in [5, 5.41) is 3.50. The summed E-state index contributed by atoms with van der Waals surface area (Å²) in [7, 11) is 0. The lowest BCUT2D eigenvalue weighted by molar-refractivity contribution is -0.116. The average Bonchev–Trinajstić information content (AvgIpc) is 3.15. The molecule has 0 bridgehead atoms. The number of rotatable bonds is 7. The highest BCUT2D eigenvalue weighted by atomic mass is 32.1. The first kappa shape index (κ1) is 19.5. The number of anilines is 1. The smallest absolute Gasteiger partial charge is 0.226 e. The molecule has 0 saturated heterocycles. The molecule has 6 heteroatoms. The molecular weight excluding hydrogens is 382 g/mol. The fourth-order valence-corrected chi connectivity index (χ4v) is 4.52. The maximum Gasteiger partial charge on any atom is 0.226 e. The number of nitrogens with zero attached hydrogens (tertiary/aromatic N) is 2. The zero-order valence-corrected chi connectivity index (χ0v) is 17.0. The molecule has 0 saturated carbocycles. The normalized spacial score (nSPS) is 13.7. The zero-order valence-electron chi connectivity index (χ0n) is 16.1. The molecule has 0 unspecified atom stereocenters. The molecule has 1 amide bonds. The van der Waals surface area contributed by atoms with Crippen LogP contribution in [-0.2, 0) is 24.3 Å². The highest BCUT2D eigenvalue weighted by molar-refractivity contribution is 7.15. The summed E-state index contributed by atoms with van der Waals surface area (Å²) in [4.78, 5) is 32.6. The standard InChI is InChI=1S/C23H23N3O2S/c27-20(18-9-5-2-6-10-18)11-12-22(28)25-23-24-19-13-14-26(16-21(19)29-23)15-17-7-3-1-4-8-17/h1-10H,11-16H2,(H,24,25,28). The van der Waals surface area contributed by atoms with Gasteiger partial charge in [0.1, 0.15) is 0 Å². The van der Waals surface area contributed by atoms with Crippen LogP contribution in [-0.4, -0.2) is 28.1 Å². The van der Waals surface area contributed by atoms with Crippen LogP contribution in [0.25, 0.3) is 0 Å². The monoisotopic (exact) mass is 405 g/mol. The second-order valence-electron chi connectivity index (χ2n) is 7.17. The van der Waals surface area contributed by atoms with E-state index in [0.717, 1.165) is 31.7 Å². The number of ketones is 1. The second-order valence-corrected chi connectivity index (χ2v) is 8.26. The number of Topliss-reactive ketones (excluding diaryl/α,β-unsaturated/α-hetero) is 1. The first-order chi connectivity index (χ1) is 14.2. The number of benzene rings is 2. The van der Waals surface area contributed by atoms with Crippen molar-refractivity contribution in [3.05, 3.63) is 82.4 Å². The van der Waals surface area contributed by atoms with Crippen LogP contribution in [0.1, 0.15) is 39.3 Å². The Kier molecular flexibility index (Phi) is 6.12. The molecule has 4 rings (SSSR count). The van der Waals surface area contributed by atoms with Crippen molar-refractivity contribution in [2.45, 2.75) is 32.4 Å². The summed E-state index contributed by atoms with van der Waals surface area (Å²) < 4.78 is 0. The van der Waals surface area contributed by atoms with E-state index in [-0.39, 0.29) is 24.5 Å². The Morgan fingerprint density at radius 3 is 2.48 bits per heavy atom. The lowest BCUT2D eigenvalue weighted by Crippen LogP contribution is -2.29. The summed E-state index contributed by atoms with van der Waals surface area (Å²) in [6, 6.07) is 19.5. The molecule has 2 aromatic carbocycles. The fourth-order valence-electron chi connectivity index (χ4n) is 3.46. The van der Waals surface area contributed by atoms with Crippen molar-refractivity contribution in [2.75, 3.05) is 11.9 Å². The Labute approximate surface area is 174 Å². The number of aromatic nitrogens is 1. The number of carbonyl (C=O) groups excluding carboxylic acids is 2. The minimum absolute atomic E-state index is 0.0178. The molecule has 1 N–H and O–H groups in total. The second kappa shape index (κ2) is 9.11. The SMILES string of the molecule is O=C(CCC(=O)c1ccccc1)Nc1nc2c(s1)CN(Cc1ccccc1)CC2. The van der Waals surface area contributed by atoms with E-state index in [1.54, 1.807) is 12.1 Å². The Hall–Kier alpha value is -2.83. The van der Waals surface area contributed by atoms with Gasteiger partial charge in [0.25, 0.3) is 0 Å². The molecule has 2 heterocycles. The van der Waals surface area contributed by atoms with Crippen LogP contribution in [0.3, 0.4) is 0 Å². The maximum atomic E-state index is 12.3. The van der Waals surface area contributed by atoms with E-state index < -0.39 is 0 Å². The van der Waals surface area contributed by atoms with Crippen LogP contribution >= 0.6 is 11.3 Å². The molecule has 0 radical (unpaired) electrons. The molecule has 148 valence electrons. The van der Waals surface area contributed by atoms with Crippen molar-refractivity contribution in [3.8, 4) is 0 Å². The van der Waals surface area contributed by atoms with Crippen LogP contribution in [0.2, 0.25) is 0 Å². The third-order valence-electron chi connectivity index (χ3n) is 4.98. The molecule has 0 fully saturated rings. The minimum Gasteiger partial charge on any atom is -0.302 e. The van der Waals surface area contributed by atoms with E-state index in [9.17, 15) is 9.59 Å². The van der Waals surface area contributed by atoms with Gasteiger partial charge in [0.2, 0.25) is 5.91 Å². The Morgan fingerprint density at radius 1 is 1.00 bits per heavy atom. The lowest BCUT2D eigenvalue weighted by Gasteiger charge is -2.25. The Balaban J connectivity index is 1.30. The predicted molar refractivity (Wildman–Crippen MR) is 115 cm³/mol. The fraction of sp³-hybridized carbons (Fsp3) is 0.261. The van der Waals surface area contributed by atoms with Crippen molar-refractivity contribution < 1.29 is 9.59 Å². The molecule has 1 aliphatic rings. The van der Waals surface area contributed by atoms with Gasteiger partial charge in [0.05, 0.1) is 5.69 Å². The molecule has 0 spiro atoms. The van der Waals surface area contributed by atoms with Crippen molar-refractivity contribution in [1.29, 1.82) is 0 Å². The van der Waals surface area contributed by atoms with Crippen molar-refractivity contribution in [1.82, 2.24) is 9.88 Å². The molecular formula is C23H23N3O2S. The largest absolute Gasteiger partial charge is 0.302 e. The van der Waals surface area contributed by atoms with E-state index in [1.807, 2.05) is 24.3 Å². The predicted octanol–water partition coefficient (Wildman–Crippen LogP) is 4.30. The van der Waals surface area contributed by atoms with E-state index in [0.29, 0.717) is 10.7 Å². The van der Waals surface area contributed by atoms with Crippen molar-refractivity contribution in [3.63, 3.8) is 0 Å². The van der Waals surface area contributed by atoms with Crippen LogP contribution in [0.4, 0.5) is 5.13 Å². The summed E-state index contributed by atoms with van der Waals surface area (Å²) in [6.45, 7) is 2.73. The molecule has 5 nitrogen and oxygen atoms in total. The highest BCUT2D eigenvalue weighted by Crippen LogP contribution is 2.29. The summed E-state index contributed by atoms with van der Waals surface area (Å²) in [5.74, 6) is -0.183. The molecule has 29 heavy (non-hydrogen) atoms. The molecule has 1 aliphatic heterocycles. The van der Waals surface area contributed by atoms with Gasteiger partial charge in [-0.2, -0.15) is 0 Å². The molecule has 1 aromatic heterocycles. The van der Waals surface area contributed by atoms with Gasteiger partial charge in [-0.3, -0.25) is 14.5 Å². The third-order valence-corrected chi connectivity index (χ3v) is 5.98. The van der Waals surface area contributed by atoms with Crippen LogP contribution in [0, 0.1) is 0 Å². The number of carbonyl (C=O) groups is 2. The summed E-state index contributed by atoms with van der Waals surface area (Å²) in [6.07, 6.45) is 1.25. The van der Waals surface area contributed by atoms with E-state index >= 15 is 0 Å². The van der Waals surface area contributed by atoms with Gasteiger partial charge in [0.15, 0.2) is 10.9 Å². The Morgan fingerprint density at radius 2 is 1.72 bits per heavy atom. The number of nitrogens with one attached hydrogen (secondary N) is 1. The van der Waals surface area contributed by atoms with Gasteiger partial charge in [-0.15, -0.1) is 11.3 Å². The highest BCUT2D eigenvalue weighted by Gasteiger charge is 2.21. The van der Waals surface area contributed by atoms with Gasteiger partial charge >= 0.3 is 0 Å². The van der Waals surface area contributed by atoms with Crippen molar-refractivity contribution >= 4 is 28.2 Å². The molecule has 3 aromatic rings. The van der Waals surface area contributed by atoms with Gasteiger partial charge < -0.3 is 5.32 Å². The van der Waals surface area contributed by atoms with Crippen LogP contribution < -0.4 is 5.32 Å². The number of thiazole rings is 1. The zero-order chi connectivity index (χ0) is 20.1. The minimum atomic E-state index is -0.165. The number of hydrogen-bond donors (Lipinski definition) is 1. The first-order valence-electron chi connectivity index (χ1n) is 9.80. The van der Waals surface area contributed by atoms with E-state index in [2.05, 4.69) is 39.5 Å². The number of fused-ring (bicyclic) bond motifs is 1. The van der Waals surface area contributed by atoms with Gasteiger partial charge in [-0.1, -0.05) is 60.7 Å². The van der Waals surface area contributed by atoms with Gasteiger partial charge in [-0.25, -0.2) is 4.98 Å². The molecule has 0 aliphatic carbocycles. The van der Waals surface area contributed by atoms with E-state index in [4.69, 9.17) is 0 Å². The van der Waals surface area contributed by atoms with Gasteiger partial charge in [-0.05, 0) is 5.56 Å². The topological polar surface area (TPSA) is 62.3 Å². The number of amides is 1. The van der Waals surface area contributed by atoms with Crippen LogP contribution in [0.5, 0.6) is 0 Å². The first-order valence-corrected chi connectivity index (χ1v) is 10.6. The third kappa shape index (κ3) is 5.16. The summed E-state index contributed by atoms with van der Waals surface area (Å²) in [5.41, 5.74) is 3.02. The Bertz CT molecular complexity index is 986. The van der Waals surface area contributed by atoms with Crippen molar-refractivity contribution in [2.24, 2.45) is 0 Å². The van der Waals surface area contributed by atoms with Crippen LogP contribution in [0.15, 0.2) is 60.7 Å². The summed E-state index contributed by atoms with van der Waals surface area (Å²) >= 11 is 1.54. The maximum absolute atomic E-state index is 12.3. The lowest BCUT2D eigenvalue weighted by atomic mass is 10.1. The molecule has 0 atom stereocenters. The number of hydrogen-bond acceptors (Lipinski definition) is 5. The average molecular weight is 406 g/mol. The quantitative estimate of drug-likeness (QED) is 0.595. The van der Waals surface area contributed by atoms with Gasteiger partial charge in [0, 0.05) is 49.3 Å².